The van der Waals surface area contributed by atoms with E-state index in [0.717, 1.165) is 11.3 Å². The van der Waals surface area contributed by atoms with Gasteiger partial charge in [0.1, 0.15) is 18.1 Å². The zero-order valence-corrected chi connectivity index (χ0v) is 17.4. The van der Waals surface area contributed by atoms with Gasteiger partial charge in [-0.25, -0.2) is 0 Å². The molecular weight excluding hydrogens is 401 g/mol. The van der Waals surface area contributed by atoms with Gasteiger partial charge in [0.05, 0.1) is 23.5 Å². The van der Waals surface area contributed by atoms with Crippen LogP contribution in [0, 0.1) is 6.92 Å². The molecule has 8 heteroatoms. The Labute approximate surface area is 173 Å². The van der Waals surface area contributed by atoms with E-state index in [0.29, 0.717) is 34.6 Å². The molecule has 28 heavy (non-hydrogen) atoms. The van der Waals surface area contributed by atoms with E-state index in [2.05, 4.69) is 5.10 Å². The summed E-state index contributed by atoms with van der Waals surface area (Å²) in [6.45, 7) is 5.11. The molecule has 0 aliphatic rings. The lowest BCUT2D eigenvalue weighted by Gasteiger charge is -2.16. The summed E-state index contributed by atoms with van der Waals surface area (Å²) in [7, 11) is 1.70. The number of carbonyl (C=O) groups is 1. The monoisotopic (exact) mass is 421 g/mol. The molecule has 3 aromatic rings. The van der Waals surface area contributed by atoms with Gasteiger partial charge in [-0.05, 0) is 49.7 Å². The lowest BCUT2D eigenvalue weighted by atomic mass is 10.2. The Morgan fingerprint density at radius 2 is 2.07 bits per heavy atom. The molecule has 2 heterocycles. The molecule has 0 radical (unpaired) electrons. The molecule has 0 bridgehead atoms. The minimum Gasteiger partial charge on any atom is -0.485 e. The standard InChI is InChI=1S/C20H21Cl2N3O3/c1-4-25-17(16(22)10-23-25)11-24(3)20(26)19-8-6-15(28-19)12-27-18-7-5-14(21)9-13(18)2/h5-10H,4,11-12H2,1-3H3. The van der Waals surface area contributed by atoms with Crippen molar-refractivity contribution in [2.24, 2.45) is 0 Å². The van der Waals surface area contributed by atoms with E-state index in [1.54, 1.807) is 47.1 Å². The number of halogens is 2. The van der Waals surface area contributed by atoms with Crippen molar-refractivity contribution in [3.63, 3.8) is 0 Å². The van der Waals surface area contributed by atoms with Crippen molar-refractivity contribution < 1.29 is 13.9 Å². The summed E-state index contributed by atoms with van der Waals surface area (Å²) in [5.74, 6) is 1.28. The Bertz CT molecular complexity index is 981. The van der Waals surface area contributed by atoms with Crippen LogP contribution >= 0.6 is 23.2 Å². The Hall–Kier alpha value is -2.44. The van der Waals surface area contributed by atoms with Crippen LogP contribution in [0.15, 0.2) is 40.9 Å². The van der Waals surface area contributed by atoms with Gasteiger partial charge in [-0.3, -0.25) is 9.48 Å². The fraction of sp³-hybridized carbons (Fsp3) is 0.300. The van der Waals surface area contributed by atoms with Gasteiger partial charge in [-0.2, -0.15) is 5.10 Å². The first kappa shape index (κ1) is 20.3. The highest BCUT2D eigenvalue weighted by Gasteiger charge is 2.19. The minimum atomic E-state index is -0.242. The third-order valence-electron chi connectivity index (χ3n) is 4.31. The second-order valence-electron chi connectivity index (χ2n) is 6.38. The van der Waals surface area contributed by atoms with Crippen LogP contribution < -0.4 is 4.74 Å². The summed E-state index contributed by atoms with van der Waals surface area (Å²) in [4.78, 5) is 14.2. The number of hydrogen-bond acceptors (Lipinski definition) is 4. The molecule has 2 aromatic heterocycles. The first-order chi connectivity index (χ1) is 13.4. The molecule has 1 aromatic carbocycles. The summed E-state index contributed by atoms with van der Waals surface area (Å²) in [5, 5.41) is 5.38. The number of nitrogens with zero attached hydrogens (tertiary/aromatic N) is 3. The van der Waals surface area contributed by atoms with Crippen LogP contribution in [-0.4, -0.2) is 27.6 Å². The Morgan fingerprint density at radius 3 is 2.79 bits per heavy atom. The molecule has 148 valence electrons. The minimum absolute atomic E-state index is 0.216. The molecule has 0 aliphatic carbocycles. The molecular formula is C20H21Cl2N3O3. The Kier molecular flexibility index (Phi) is 6.31. The van der Waals surface area contributed by atoms with Crippen molar-refractivity contribution in [2.45, 2.75) is 33.5 Å². The molecule has 0 spiro atoms. The molecule has 0 atom stereocenters. The number of furan rings is 1. The van der Waals surface area contributed by atoms with Gasteiger partial charge in [0.15, 0.2) is 5.76 Å². The van der Waals surface area contributed by atoms with Gasteiger partial charge >= 0.3 is 0 Å². The van der Waals surface area contributed by atoms with E-state index in [1.165, 1.54) is 0 Å². The average Bonchev–Trinajstić information content (AvgIpc) is 3.27. The highest BCUT2D eigenvalue weighted by Crippen LogP contribution is 2.23. The third kappa shape index (κ3) is 4.51. The van der Waals surface area contributed by atoms with Crippen molar-refractivity contribution in [1.82, 2.24) is 14.7 Å². The smallest absolute Gasteiger partial charge is 0.289 e. The van der Waals surface area contributed by atoms with E-state index in [9.17, 15) is 4.79 Å². The molecule has 6 nitrogen and oxygen atoms in total. The van der Waals surface area contributed by atoms with Crippen molar-refractivity contribution in [2.75, 3.05) is 7.05 Å². The predicted molar refractivity (Wildman–Crippen MR) is 108 cm³/mol. The van der Waals surface area contributed by atoms with Crippen LogP contribution in [0.25, 0.3) is 0 Å². The molecule has 3 rings (SSSR count). The number of aromatic nitrogens is 2. The number of amides is 1. The van der Waals surface area contributed by atoms with Crippen LogP contribution in [0.1, 0.15) is 34.5 Å². The van der Waals surface area contributed by atoms with E-state index in [4.69, 9.17) is 32.4 Å². The van der Waals surface area contributed by atoms with E-state index < -0.39 is 0 Å². The number of aryl methyl sites for hydroxylation is 2. The van der Waals surface area contributed by atoms with E-state index in [1.807, 2.05) is 19.9 Å². The van der Waals surface area contributed by atoms with Crippen molar-refractivity contribution in [3.05, 3.63) is 69.4 Å². The first-order valence-corrected chi connectivity index (χ1v) is 9.58. The lowest BCUT2D eigenvalue weighted by Crippen LogP contribution is -2.27. The van der Waals surface area contributed by atoms with Crippen LogP contribution in [0.5, 0.6) is 5.75 Å². The third-order valence-corrected chi connectivity index (χ3v) is 4.86. The Balaban J connectivity index is 1.64. The van der Waals surface area contributed by atoms with Crippen molar-refractivity contribution >= 4 is 29.1 Å². The SMILES string of the molecule is CCn1ncc(Cl)c1CN(C)C(=O)c1ccc(COc2ccc(Cl)cc2C)o1. The normalized spacial score (nSPS) is 10.9. The molecule has 0 N–H and O–H groups in total. The number of ether oxygens (including phenoxy) is 1. The van der Waals surface area contributed by atoms with E-state index >= 15 is 0 Å². The summed E-state index contributed by atoms with van der Waals surface area (Å²) < 4.78 is 13.2. The first-order valence-electron chi connectivity index (χ1n) is 8.82. The highest BCUT2D eigenvalue weighted by atomic mass is 35.5. The van der Waals surface area contributed by atoms with Gasteiger partial charge in [-0.15, -0.1) is 0 Å². The maximum absolute atomic E-state index is 12.7. The van der Waals surface area contributed by atoms with Gasteiger partial charge in [0, 0.05) is 18.6 Å². The second kappa shape index (κ2) is 8.71. The summed E-state index contributed by atoms with van der Waals surface area (Å²) >= 11 is 12.1. The largest absolute Gasteiger partial charge is 0.485 e. The van der Waals surface area contributed by atoms with Crippen LogP contribution in [0.3, 0.4) is 0 Å². The summed E-state index contributed by atoms with van der Waals surface area (Å²) in [6, 6.07) is 8.78. The van der Waals surface area contributed by atoms with Crippen LogP contribution in [0.4, 0.5) is 0 Å². The van der Waals surface area contributed by atoms with Crippen LogP contribution in [-0.2, 0) is 19.7 Å². The molecule has 1 amide bonds. The fourth-order valence-corrected chi connectivity index (χ4v) is 3.22. The topological polar surface area (TPSA) is 60.5 Å². The lowest BCUT2D eigenvalue weighted by molar-refractivity contribution is 0.0745. The van der Waals surface area contributed by atoms with Crippen LogP contribution in [0.2, 0.25) is 10.0 Å². The average molecular weight is 422 g/mol. The van der Waals surface area contributed by atoms with Gasteiger partial charge < -0.3 is 14.1 Å². The van der Waals surface area contributed by atoms with Crippen molar-refractivity contribution in [1.29, 1.82) is 0 Å². The maximum Gasteiger partial charge on any atom is 0.289 e. The van der Waals surface area contributed by atoms with Crippen molar-refractivity contribution in [3.8, 4) is 5.75 Å². The predicted octanol–water partition coefficient (Wildman–Crippen LogP) is 4.96. The molecule has 0 unspecified atom stereocenters. The van der Waals surface area contributed by atoms with Gasteiger partial charge in [-0.1, -0.05) is 23.2 Å². The molecule has 0 saturated carbocycles. The fourth-order valence-electron chi connectivity index (χ4n) is 2.80. The van der Waals surface area contributed by atoms with Gasteiger partial charge in [0.2, 0.25) is 0 Å². The Morgan fingerprint density at radius 1 is 1.29 bits per heavy atom. The second-order valence-corrected chi connectivity index (χ2v) is 7.22. The highest BCUT2D eigenvalue weighted by molar-refractivity contribution is 6.31. The quantitative estimate of drug-likeness (QED) is 0.540. The van der Waals surface area contributed by atoms with E-state index in [-0.39, 0.29) is 18.3 Å². The summed E-state index contributed by atoms with van der Waals surface area (Å²) in [6.07, 6.45) is 1.58. The summed E-state index contributed by atoms with van der Waals surface area (Å²) in [5.41, 5.74) is 1.72. The van der Waals surface area contributed by atoms with Gasteiger partial charge in [0.25, 0.3) is 5.91 Å². The maximum atomic E-state index is 12.7. The molecule has 0 aliphatic heterocycles. The number of benzene rings is 1. The molecule has 0 saturated heterocycles. The molecule has 0 fully saturated rings. The zero-order valence-electron chi connectivity index (χ0n) is 15.9. The zero-order chi connectivity index (χ0) is 20.3. The number of carbonyl (C=O) groups excluding carboxylic acids is 1. The number of rotatable bonds is 7. The number of hydrogen-bond donors (Lipinski definition) is 0.